The van der Waals surface area contributed by atoms with E-state index in [4.69, 9.17) is 4.74 Å². The van der Waals surface area contributed by atoms with Crippen LogP contribution in [0.25, 0.3) is 0 Å². The summed E-state index contributed by atoms with van der Waals surface area (Å²) in [4.78, 5) is 25.0. The van der Waals surface area contributed by atoms with Crippen LogP contribution in [-0.4, -0.2) is 36.0 Å². The van der Waals surface area contributed by atoms with Crippen molar-refractivity contribution in [3.05, 3.63) is 35.9 Å². The number of ether oxygens (including phenoxy) is 1. The highest BCUT2D eigenvalue weighted by molar-refractivity contribution is 5.96. The third-order valence-electron chi connectivity index (χ3n) is 2.48. The van der Waals surface area contributed by atoms with Crippen LogP contribution < -0.4 is 0 Å². The van der Waals surface area contributed by atoms with Gasteiger partial charge in [0.15, 0.2) is 5.78 Å². The quantitative estimate of drug-likeness (QED) is 0.784. The fraction of sp³-hybridized carbons (Fsp3) is 0.467. The van der Waals surface area contributed by atoms with Crippen molar-refractivity contribution in [2.24, 2.45) is 0 Å². The number of rotatable bonds is 4. The minimum Gasteiger partial charge on any atom is -0.444 e. The zero-order valence-corrected chi connectivity index (χ0v) is 12.0. The predicted octanol–water partition coefficient (Wildman–Crippen LogP) is 3.13. The van der Waals surface area contributed by atoms with Crippen molar-refractivity contribution in [2.75, 3.05) is 13.6 Å². The normalized spacial score (nSPS) is 10.9. The summed E-state index contributed by atoms with van der Waals surface area (Å²) in [5, 5.41) is 0. The molecule has 1 amide bonds. The molecule has 19 heavy (non-hydrogen) atoms. The third kappa shape index (κ3) is 5.55. The molecule has 0 aliphatic rings. The van der Waals surface area contributed by atoms with Crippen molar-refractivity contribution in [1.82, 2.24) is 4.90 Å². The van der Waals surface area contributed by atoms with Crippen LogP contribution in [0, 0.1) is 0 Å². The van der Waals surface area contributed by atoms with E-state index in [9.17, 15) is 9.59 Å². The minimum absolute atomic E-state index is 0.0241. The molecule has 0 atom stereocenters. The third-order valence-corrected chi connectivity index (χ3v) is 2.48. The molecule has 4 nitrogen and oxygen atoms in total. The summed E-state index contributed by atoms with van der Waals surface area (Å²) in [5.41, 5.74) is 0.148. The predicted molar refractivity (Wildman–Crippen MR) is 74.3 cm³/mol. The molecule has 104 valence electrons. The lowest BCUT2D eigenvalue weighted by Crippen LogP contribution is -2.35. The molecule has 1 aromatic carbocycles. The number of Topliss-reactive ketones (excluding diaryl/α,β-unsaturated/α-hetero) is 1. The largest absolute Gasteiger partial charge is 0.444 e. The Balaban J connectivity index is 2.44. The Hall–Kier alpha value is -1.84. The monoisotopic (exact) mass is 263 g/mol. The van der Waals surface area contributed by atoms with Gasteiger partial charge in [-0.2, -0.15) is 0 Å². The van der Waals surface area contributed by atoms with E-state index in [2.05, 4.69) is 0 Å². The zero-order chi connectivity index (χ0) is 14.5. The van der Waals surface area contributed by atoms with E-state index in [-0.39, 0.29) is 5.78 Å². The van der Waals surface area contributed by atoms with Crippen LogP contribution >= 0.6 is 0 Å². The zero-order valence-electron chi connectivity index (χ0n) is 12.0. The molecule has 1 aromatic rings. The van der Waals surface area contributed by atoms with Gasteiger partial charge in [0.05, 0.1) is 0 Å². The van der Waals surface area contributed by atoms with E-state index >= 15 is 0 Å². The Morgan fingerprint density at radius 1 is 1.16 bits per heavy atom. The molecule has 0 N–H and O–H groups in total. The number of ketones is 1. The van der Waals surface area contributed by atoms with Crippen LogP contribution in [0.4, 0.5) is 4.79 Å². The first kappa shape index (κ1) is 15.2. The van der Waals surface area contributed by atoms with Gasteiger partial charge in [-0.1, -0.05) is 30.3 Å². The number of hydrogen-bond acceptors (Lipinski definition) is 3. The molecular formula is C15H21NO3. The summed E-state index contributed by atoms with van der Waals surface area (Å²) in [6, 6.07) is 9.06. The van der Waals surface area contributed by atoms with Gasteiger partial charge in [0.1, 0.15) is 5.60 Å². The Morgan fingerprint density at radius 2 is 1.74 bits per heavy atom. The van der Waals surface area contributed by atoms with Crippen molar-refractivity contribution in [3.63, 3.8) is 0 Å². The number of carbonyl (C=O) groups is 2. The molecular weight excluding hydrogens is 242 g/mol. The molecule has 0 aliphatic carbocycles. The lowest BCUT2D eigenvalue weighted by Gasteiger charge is -2.24. The van der Waals surface area contributed by atoms with Crippen molar-refractivity contribution >= 4 is 11.9 Å². The first-order valence-corrected chi connectivity index (χ1v) is 6.32. The highest BCUT2D eigenvalue weighted by Crippen LogP contribution is 2.10. The lowest BCUT2D eigenvalue weighted by molar-refractivity contribution is 0.0298. The van der Waals surface area contributed by atoms with Gasteiger partial charge in [0.25, 0.3) is 0 Å². The summed E-state index contributed by atoms with van der Waals surface area (Å²) in [5.74, 6) is 0.0241. The number of benzene rings is 1. The second-order valence-corrected chi connectivity index (χ2v) is 5.44. The first-order chi connectivity index (χ1) is 8.79. The molecule has 0 heterocycles. The molecule has 0 fully saturated rings. The summed E-state index contributed by atoms with van der Waals surface area (Å²) in [6.45, 7) is 5.79. The highest BCUT2D eigenvalue weighted by atomic mass is 16.6. The van der Waals surface area contributed by atoms with Gasteiger partial charge in [0.2, 0.25) is 0 Å². The average Bonchev–Trinajstić information content (AvgIpc) is 2.34. The van der Waals surface area contributed by atoms with Gasteiger partial charge in [-0.3, -0.25) is 4.79 Å². The van der Waals surface area contributed by atoms with Crippen molar-refractivity contribution in [1.29, 1.82) is 0 Å². The maximum Gasteiger partial charge on any atom is 0.410 e. The van der Waals surface area contributed by atoms with E-state index < -0.39 is 11.7 Å². The summed E-state index contributed by atoms with van der Waals surface area (Å²) >= 11 is 0. The fourth-order valence-corrected chi connectivity index (χ4v) is 1.47. The van der Waals surface area contributed by atoms with Crippen LogP contribution in [0.3, 0.4) is 0 Å². The molecule has 0 saturated heterocycles. The lowest BCUT2D eigenvalue weighted by atomic mass is 10.1. The Bertz CT molecular complexity index is 434. The smallest absolute Gasteiger partial charge is 0.410 e. The average molecular weight is 263 g/mol. The summed E-state index contributed by atoms with van der Waals surface area (Å²) in [6.07, 6.45) is -0.117. The van der Waals surface area contributed by atoms with Gasteiger partial charge in [0, 0.05) is 25.6 Å². The Labute approximate surface area is 114 Å². The molecule has 0 radical (unpaired) electrons. The van der Waals surface area contributed by atoms with Gasteiger partial charge >= 0.3 is 6.09 Å². The second-order valence-electron chi connectivity index (χ2n) is 5.44. The first-order valence-electron chi connectivity index (χ1n) is 6.32. The van der Waals surface area contributed by atoms with Crippen LogP contribution in [0.15, 0.2) is 30.3 Å². The molecule has 0 saturated carbocycles. The number of amides is 1. The number of carbonyl (C=O) groups excluding carboxylic acids is 2. The van der Waals surface area contributed by atoms with E-state index in [0.29, 0.717) is 18.5 Å². The van der Waals surface area contributed by atoms with E-state index in [0.717, 1.165) is 0 Å². The second kappa shape index (κ2) is 6.36. The molecule has 0 aliphatic heterocycles. The van der Waals surface area contributed by atoms with Crippen LogP contribution in [0.2, 0.25) is 0 Å². The molecule has 0 spiro atoms. The number of nitrogens with zero attached hydrogens (tertiary/aromatic N) is 1. The van der Waals surface area contributed by atoms with Crippen molar-refractivity contribution in [3.8, 4) is 0 Å². The van der Waals surface area contributed by atoms with Crippen molar-refractivity contribution in [2.45, 2.75) is 32.8 Å². The topological polar surface area (TPSA) is 46.6 Å². The fourth-order valence-electron chi connectivity index (χ4n) is 1.47. The van der Waals surface area contributed by atoms with Gasteiger partial charge in [-0.05, 0) is 20.8 Å². The molecule has 0 bridgehead atoms. The molecule has 0 unspecified atom stereocenters. The van der Waals surface area contributed by atoms with Gasteiger partial charge < -0.3 is 9.64 Å². The molecule has 0 aromatic heterocycles. The maximum absolute atomic E-state index is 11.9. The minimum atomic E-state index is -0.519. The van der Waals surface area contributed by atoms with Gasteiger partial charge in [-0.25, -0.2) is 4.79 Å². The van der Waals surface area contributed by atoms with E-state index in [1.807, 2.05) is 39.0 Å². The van der Waals surface area contributed by atoms with Crippen LogP contribution in [0.1, 0.15) is 37.6 Å². The number of hydrogen-bond donors (Lipinski definition) is 0. The maximum atomic E-state index is 11.9. The van der Waals surface area contributed by atoms with E-state index in [1.54, 1.807) is 19.2 Å². The summed E-state index contributed by atoms with van der Waals surface area (Å²) < 4.78 is 5.21. The SMILES string of the molecule is CN(CCC(=O)c1ccccc1)C(=O)OC(C)(C)C. The summed E-state index contributed by atoms with van der Waals surface area (Å²) in [7, 11) is 1.63. The Kier molecular flexibility index (Phi) is 5.10. The van der Waals surface area contributed by atoms with Crippen LogP contribution in [0.5, 0.6) is 0 Å². The highest BCUT2D eigenvalue weighted by Gasteiger charge is 2.19. The van der Waals surface area contributed by atoms with Gasteiger partial charge in [-0.15, -0.1) is 0 Å². The van der Waals surface area contributed by atoms with Crippen LogP contribution in [-0.2, 0) is 4.74 Å². The van der Waals surface area contributed by atoms with Crippen molar-refractivity contribution < 1.29 is 14.3 Å². The van der Waals surface area contributed by atoms with E-state index in [1.165, 1.54) is 4.90 Å². The molecule has 1 rings (SSSR count). The Morgan fingerprint density at radius 3 is 2.26 bits per heavy atom. The molecule has 4 heteroatoms. The standard InChI is InChI=1S/C15H21NO3/c1-15(2,3)19-14(18)16(4)11-10-13(17)12-8-6-5-7-9-12/h5-9H,10-11H2,1-4H3.